The number of phenolic OH excluding ortho intramolecular Hbond substituents is 1. The molecule has 0 aliphatic carbocycles. The van der Waals surface area contributed by atoms with E-state index >= 15 is 0 Å². The van der Waals surface area contributed by atoms with Gasteiger partial charge >= 0.3 is 0 Å². The normalized spacial score (nSPS) is 11.9. The van der Waals surface area contributed by atoms with Crippen molar-refractivity contribution in [1.82, 2.24) is 10.7 Å². The maximum atomic E-state index is 12.6. The molecular weight excluding hydrogens is 428 g/mol. The number of carbonyl (C=O) groups excluding carboxylic acids is 2. The molecule has 0 saturated carbocycles. The lowest BCUT2D eigenvalue weighted by molar-refractivity contribution is -0.384. The van der Waals surface area contributed by atoms with Crippen molar-refractivity contribution in [2.45, 2.75) is 40.2 Å². The van der Waals surface area contributed by atoms with Crippen molar-refractivity contribution in [2.75, 3.05) is 6.61 Å². The molecule has 10 nitrogen and oxygen atoms in total. The molecule has 0 unspecified atom stereocenters. The van der Waals surface area contributed by atoms with Crippen LogP contribution in [0.25, 0.3) is 0 Å². The molecule has 0 fully saturated rings. The van der Waals surface area contributed by atoms with Crippen LogP contribution in [0.3, 0.4) is 0 Å². The van der Waals surface area contributed by atoms with Crippen molar-refractivity contribution in [2.24, 2.45) is 11.0 Å². The van der Waals surface area contributed by atoms with E-state index in [9.17, 15) is 24.8 Å². The van der Waals surface area contributed by atoms with E-state index < -0.39 is 22.8 Å². The summed E-state index contributed by atoms with van der Waals surface area (Å²) in [6.45, 7) is 7.32. The van der Waals surface area contributed by atoms with Gasteiger partial charge in [-0.1, -0.05) is 32.0 Å². The number of benzene rings is 2. The van der Waals surface area contributed by atoms with E-state index in [1.54, 1.807) is 0 Å². The number of aromatic hydroxyl groups is 1. The quantitative estimate of drug-likeness (QED) is 0.285. The van der Waals surface area contributed by atoms with E-state index in [0.29, 0.717) is 12.2 Å². The Bertz CT molecular complexity index is 1030. The number of hydrogen-bond donors (Lipinski definition) is 3. The minimum atomic E-state index is -0.866. The molecule has 176 valence electrons. The van der Waals surface area contributed by atoms with Crippen molar-refractivity contribution in [3.8, 4) is 11.5 Å². The molecule has 0 saturated heterocycles. The fourth-order valence-corrected chi connectivity index (χ4v) is 3.11. The van der Waals surface area contributed by atoms with E-state index in [1.165, 1.54) is 6.07 Å². The summed E-state index contributed by atoms with van der Waals surface area (Å²) in [5, 5.41) is 27.1. The Morgan fingerprint density at radius 1 is 1.21 bits per heavy atom. The average Bonchev–Trinajstić information content (AvgIpc) is 2.73. The van der Waals surface area contributed by atoms with Crippen LogP contribution in [0, 0.1) is 29.9 Å². The number of nitrogens with zero attached hydrogens (tertiary/aromatic N) is 2. The van der Waals surface area contributed by atoms with E-state index in [1.807, 2.05) is 45.9 Å². The zero-order valence-electron chi connectivity index (χ0n) is 19.0. The number of carbonyl (C=O) groups is 2. The molecule has 0 bridgehead atoms. The number of nitro groups is 1. The third-order valence-electron chi connectivity index (χ3n) is 4.72. The summed E-state index contributed by atoms with van der Waals surface area (Å²) in [6.07, 6.45) is 1.46. The van der Waals surface area contributed by atoms with Crippen LogP contribution in [-0.4, -0.2) is 40.7 Å². The van der Waals surface area contributed by atoms with Crippen LogP contribution in [0.1, 0.15) is 37.0 Å². The van der Waals surface area contributed by atoms with Crippen LogP contribution in [-0.2, 0) is 9.59 Å². The summed E-state index contributed by atoms with van der Waals surface area (Å²) in [6, 6.07) is 8.24. The minimum absolute atomic E-state index is 0.0657. The second-order valence-corrected chi connectivity index (χ2v) is 7.99. The highest BCUT2D eigenvalue weighted by Gasteiger charge is 2.22. The molecule has 10 heteroatoms. The zero-order valence-corrected chi connectivity index (χ0v) is 19.0. The number of nitro benzene ring substituents is 1. The highest BCUT2D eigenvalue weighted by Crippen LogP contribution is 2.22. The number of nitrogens with one attached hydrogen (secondary N) is 2. The van der Waals surface area contributed by atoms with Gasteiger partial charge in [-0.2, -0.15) is 5.10 Å². The predicted octanol–water partition coefficient (Wildman–Crippen LogP) is 2.98. The number of hydrazone groups is 1. The maximum absolute atomic E-state index is 12.6. The molecule has 33 heavy (non-hydrogen) atoms. The van der Waals surface area contributed by atoms with Gasteiger partial charge in [-0.05, 0) is 43.4 Å². The van der Waals surface area contributed by atoms with Crippen LogP contribution < -0.4 is 15.5 Å². The molecule has 0 radical (unpaired) electrons. The van der Waals surface area contributed by atoms with E-state index in [0.717, 1.165) is 29.5 Å². The topological polar surface area (TPSA) is 143 Å². The van der Waals surface area contributed by atoms with Gasteiger partial charge in [0.25, 0.3) is 17.5 Å². The number of phenols is 1. The molecule has 2 amide bonds. The number of amides is 2. The molecule has 2 aromatic rings. The number of non-ortho nitro benzene ring substituents is 1. The fraction of sp³-hybridized carbons (Fsp3) is 0.348. The van der Waals surface area contributed by atoms with Gasteiger partial charge in [-0.15, -0.1) is 0 Å². The zero-order chi connectivity index (χ0) is 24.5. The summed E-state index contributed by atoms with van der Waals surface area (Å²) in [5.74, 6) is -0.525. The first-order valence-corrected chi connectivity index (χ1v) is 10.4. The standard InChI is InChI=1S/C23H28N4O6/c1-14(2)10-19(25-21(29)13-33-22-15(3)6-5-7-16(22)4)23(30)26-24-12-17-11-18(27(31)32)8-9-20(17)28/h5-9,11-12,14,19,28H,10,13H2,1-4H3,(H,25,29)(H,26,30)/b24-12-/t19-/m1/s1. The number of ether oxygens (including phenoxy) is 1. The van der Waals surface area contributed by atoms with Gasteiger partial charge < -0.3 is 15.2 Å². The van der Waals surface area contributed by atoms with Gasteiger partial charge in [0.05, 0.1) is 11.1 Å². The van der Waals surface area contributed by atoms with E-state index in [4.69, 9.17) is 4.74 Å². The van der Waals surface area contributed by atoms with Crippen molar-refractivity contribution in [3.63, 3.8) is 0 Å². The highest BCUT2D eigenvalue weighted by molar-refractivity contribution is 5.90. The molecule has 0 aliphatic rings. The monoisotopic (exact) mass is 456 g/mol. The number of para-hydroxylation sites is 1. The van der Waals surface area contributed by atoms with Crippen LogP contribution >= 0.6 is 0 Å². The van der Waals surface area contributed by atoms with Gasteiger partial charge in [0, 0.05) is 17.7 Å². The summed E-state index contributed by atoms with van der Waals surface area (Å²) in [7, 11) is 0. The number of rotatable bonds is 10. The van der Waals surface area contributed by atoms with Gasteiger partial charge in [0.1, 0.15) is 17.5 Å². The molecule has 0 aromatic heterocycles. The molecule has 3 N–H and O–H groups in total. The Kier molecular flexibility index (Phi) is 8.90. The van der Waals surface area contributed by atoms with Crippen molar-refractivity contribution in [1.29, 1.82) is 0 Å². The molecule has 1 atom stereocenters. The van der Waals surface area contributed by atoms with Crippen LogP contribution in [0.2, 0.25) is 0 Å². The van der Waals surface area contributed by atoms with Gasteiger partial charge in [-0.3, -0.25) is 19.7 Å². The van der Waals surface area contributed by atoms with Crippen LogP contribution in [0.5, 0.6) is 11.5 Å². The van der Waals surface area contributed by atoms with Crippen molar-refractivity contribution >= 4 is 23.7 Å². The Morgan fingerprint density at radius 3 is 2.48 bits per heavy atom. The lowest BCUT2D eigenvalue weighted by Gasteiger charge is -2.19. The molecular formula is C23H28N4O6. The van der Waals surface area contributed by atoms with Gasteiger partial charge in [0.15, 0.2) is 6.61 Å². The van der Waals surface area contributed by atoms with Crippen LogP contribution in [0.15, 0.2) is 41.5 Å². The lowest BCUT2D eigenvalue weighted by Crippen LogP contribution is -2.47. The SMILES string of the molecule is Cc1cccc(C)c1OCC(=O)N[C@H](CC(C)C)C(=O)N/N=C\c1cc([N+](=O)[O-])ccc1O. The third-order valence-corrected chi connectivity index (χ3v) is 4.72. The predicted molar refractivity (Wildman–Crippen MR) is 123 cm³/mol. The van der Waals surface area contributed by atoms with E-state index in [2.05, 4.69) is 15.8 Å². The first-order valence-electron chi connectivity index (χ1n) is 10.4. The smallest absolute Gasteiger partial charge is 0.270 e. The first-order chi connectivity index (χ1) is 15.6. The van der Waals surface area contributed by atoms with Crippen molar-refractivity contribution < 1.29 is 24.4 Å². The molecule has 2 aromatic carbocycles. The third kappa shape index (κ3) is 7.60. The minimum Gasteiger partial charge on any atom is -0.507 e. The second kappa shape index (κ2) is 11.6. The Labute approximate surface area is 191 Å². The van der Waals surface area contributed by atoms with Crippen molar-refractivity contribution in [3.05, 3.63) is 63.2 Å². The Balaban J connectivity index is 2.01. The van der Waals surface area contributed by atoms with Gasteiger partial charge in [0.2, 0.25) is 0 Å². The molecule has 2 rings (SSSR count). The maximum Gasteiger partial charge on any atom is 0.270 e. The Hall–Kier alpha value is -3.95. The summed E-state index contributed by atoms with van der Waals surface area (Å²) >= 11 is 0. The summed E-state index contributed by atoms with van der Waals surface area (Å²) in [5.41, 5.74) is 3.94. The number of aryl methyl sites for hydroxylation is 2. The van der Waals surface area contributed by atoms with Crippen LogP contribution in [0.4, 0.5) is 5.69 Å². The Morgan fingerprint density at radius 2 is 1.88 bits per heavy atom. The molecule has 0 heterocycles. The average molecular weight is 456 g/mol. The van der Waals surface area contributed by atoms with E-state index in [-0.39, 0.29) is 29.5 Å². The lowest BCUT2D eigenvalue weighted by atomic mass is 10.0. The fourth-order valence-electron chi connectivity index (χ4n) is 3.11. The molecule has 0 aliphatic heterocycles. The molecule has 0 spiro atoms. The summed E-state index contributed by atoms with van der Waals surface area (Å²) in [4.78, 5) is 35.3. The second-order valence-electron chi connectivity index (χ2n) is 7.99. The number of hydrogen-bond acceptors (Lipinski definition) is 7. The highest BCUT2D eigenvalue weighted by atomic mass is 16.6. The first kappa shape index (κ1) is 25.3. The van der Waals surface area contributed by atoms with Gasteiger partial charge in [-0.25, -0.2) is 5.43 Å². The summed E-state index contributed by atoms with van der Waals surface area (Å²) < 4.78 is 5.64. The largest absolute Gasteiger partial charge is 0.507 e.